The van der Waals surface area contributed by atoms with Crippen molar-refractivity contribution in [1.29, 1.82) is 0 Å². The first-order chi connectivity index (χ1) is 13.6. The van der Waals surface area contributed by atoms with Gasteiger partial charge in [-0.3, -0.25) is 9.59 Å². The Morgan fingerprint density at radius 2 is 1.61 bits per heavy atom. The number of hydrogen-bond donors (Lipinski definition) is 2. The SMILES string of the molecule is NC(=O)[C@H](Cc1cccnc1Br)NC(=O)C1c2ccccc2-c2ccccc21. The topological polar surface area (TPSA) is 85.1 Å². The van der Waals surface area contributed by atoms with Crippen LogP contribution >= 0.6 is 15.9 Å². The summed E-state index contributed by atoms with van der Waals surface area (Å²) in [6, 6.07) is 18.5. The van der Waals surface area contributed by atoms with Gasteiger partial charge in [-0.1, -0.05) is 54.6 Å². The van der Waals surface area contributed by atoms with Crippen LogP contribution in [-0.2, 0) is 16.0 Å². The second-order valence-electron chi connectivity index (χ2n) is 6.73. The second-order valence-corrected chi connectivity index (χ2v) is 7.48. The number of halogens is 1. The van der Waals surface area contributed by atoms with E-state index < -0.39 is 17.9 Å². The van der Waals surface area contributed by atoms with Gasteiger partial charge in [0.05, 0.1) is 5.92 Å². The van der Waals surface area contributed by atoms with Crippen LogP contribution < -0.4 is 11.1 Å². The maximum atomic E-state index is 13.2. The number of rotatable bonds is 5. The minimum Gasteiger partial charge on any atom is -0.368 e. The molecule has 0 unspecified atom stereocenters. The Hall–Kier alpha value is -2.99. The Morgan fingerprint density at radius 1 is 1.00 bits per heavy atom. The zero-order valence-corrected chi connectivity index (χ0v) is 16.5. The molecular weight excluding hydrogens is 418 g/mol. The number of hydrogen-bond acceptors (Lipinski definition) is 3. The molecular formula is C22H18BrN3O2. The Balaban J connectivity index is 1.63. The zero-order chi connectivity index (χ0) is 19.7. The summed E-state index contributed by atoms with van der Waals surface area (Å²) in [6.07, 6.45) is 1.92. The van der Waals surface area contributed by atoms with E-state index in [1.54, 1.807) is 12.3 Å². The van der Waals surface area contributed by atoms with Crippen LogP contribution in [-0.4, -0.2) is 22.8 Å². The van der Waals surface area contributed by atoms with Crippen molar-refractivity contribution >= 4 is 27.7 Å². The highest BCUT2D eigenvalue weighted by molar-refractivity contribution is 9.10. The molecule has 6 heteroatoms. The van der Waals surface area contributed by atoms with E-state index in [1.165, 1.54) is 0 Å². The average Bonchev–Trinajstić information content (AvgIpc) is 3.03. The summed E-state index contributed by atoms with van der Waals surface area (Å²) in [6.45, 7) is 0. The van der Waals surface area contributed by atoms with E-state index in [-0.39, 0.29) is 12.3 Å². The fourth-order valence-corrected chi connectivity index (χ4v) is 4.12. The lowest BCUT2D eigenvalue weighted by molar-refractivity contribution is -0.127. The summed E-state index contributed by atoms with van der Waals surface area (Å²) in [4.78, 5) is 29.4. The van der Waals surface area contributed by atoms with Crippen LogP contribution in [0, 0.1) is 0 Å². The standard InChI is InChI=1S/C22H18BrN3O2/c23-20-13(6-5-11-25-20)12-18(21(24)27)26-22(28)19-16-9-3-1-7-14(16)15-8-2-4-10-17(15)19/h1-11,18-19H,12H2,(H2,24,27)(H,26,28)/t18-/m0/s1. The summed E-state index contributed by atoms with van der Waals surface area (Å²) < 4.78 is 0.632. The zero-order valence-electron chi connectivity index (χ0n) is 14.9. The van der Waals surface area contributed by atoms with Crippen molar-refractivity contribution in [3.8, 4) is 11.1 Å². The number of fused-ring (bicyclic) bond motifs is 3. The summed E-state index contributed by atoms with van der Waals surface area (Å²) in [5.41, 5.74) is 10.4. The molecule has 5 nitrogen and oxygen atoms in total. The second kappa shape index (κ2) is 7.56. The van der Waals surface area contributed by atoms with Gasteiger partial charge in [-0.05, 0) is 49.8 Å². The molecule has 28 heavy (non-hydrogen) atoms. The molecule has 3 aromatic rings. The van der Waals surface area contributed by atoms with E-state index in [0.29, 0.717) is 4.60 Å². The van der Waals surface area contributed by atoms with Crippen LogP contribution in [0.4, 0.5) is 0 Å². The number of nitrogens with zero attached hydrogens (tertiary/aromatic N) is 1. The predicted molar refractivity (Wildman–Crippen MR) is 110 cm³/mol. The number of amides is 2. The van der Waals surface area contributed by atoms with Crippen molar-refractivity contribution < 1.29 is 9.59 Å². The van der Waals surface area contributed by atoms with E-state index >= 15 is 0 Å². The minimum atomic E-state index is -0.826. The van der Waals surface area contributed by atoms with Crippen molar-refractivity contribution in [1.82, 2.24) is 10.3 Å². The maximum absolute atomic E-state index is 13.2. The van der Waals surface area contributed by atoms with Gasteiger partial charge >= 0.3 is 0 Å². The number of aromatic nitrogens is 1. The van der Waals surface area contributed by atoms with Crippen LogP contribution in [0.15, 0.2) is 71.5 Å². The Kier molecular flexibility index (Phi) is 4.96. The molecule has 1 heterocycles. The molecule has 0 bridgehead atoms. The normalized spacial score (nSPS) is 13.5. The smallest absolute Gasteiger partial charge is 0.240 e. The lowest BCUT2D eigenvalue weighted by atomic mass is 9.95. The molecule has 1 aliphatic carbocycles. The molecule has 0 radical (unpaired) electrons. The summed E-state index contributed by atoms with van der Waals surface area (Å²) in [5, 5.41) is 2.85. The summed E-state index contributed by atoms with van der Waals surface area (Å²) in [7, 11) is 0. The Morgan fingerprint density at radius 3 is 2.18 bits per heavy atom. The molecule has 0 saturated carbocycles. The first-order valence-corrected chi connectivity index (χ1v) is 9.73. The first kappa shape index (κ1) is 18.4. The van der Waals surface area contributed by atoms with Crippen molar-refractivity contribution in [2.75, 3.05) is 0 Å². The first-order valence-electron chi connectivity index (χ1n) is 8.93. The van der Waals surface area contributed by atoms with Gasteiger partial charge in [0.2, 0.25) is 11.8 Å². The third kappa shape index (κ3) is 3.31. The van der Waals surface area contributed by atoms with Crippen LogP contribution in [0.2, 0.25) is 0 Å². The number of carbonyl (C=O) groups excluding carboxylic acids is 2. The lowest BCUT2D eigenvalue weighted by Gasteiger charge is -2.20. The molecule has 3 N–H and O–H groups in total. The monoisotopic (exact) mass is 435 g/mol. The van der Waals surface area contributed by atoms with Gasteiger partial charge in [-0.2, -0.15) is 0 Å². The molecule has 0 saturated heterocycles. The highest BCUT2D eigenvalue weighted by Gasteiger charge is 2.35. The number of nitrogens with one attached hydrogen (secondary N) is 1. The molecule has 140 valence electrons. The highest BCUT2D eigenvalue weighted by Crippen LogP contribution is 2.44. The van der Waals surface area contributed by atoms with Crippen molar-refractivity contribution in [3.63, 3.8) is 0 Å². The maximum Gasteiger partial charge on any atom is 0.240 e. The predicted octanol–water partition coefficient (Wildman–Crippen LogP) is 3.17. The van der Waals surface area contributed by atoms with E-state index in [1.807, 2.05) is 54.6 Å². The van der Waals surface area contributed by atoms with E-state index in [0.717, 1.165) is 27.8 Å². The van der Waals surface area contributed by atoms with Crippen LogP contribution in [0.3, 0.4) is 0 Å². The van der Waals surface area contributed by atoms with Crippen molar-refractivity contribution in [2.45, 2.75) is 18.4 Å². The molecule has 0 aliphatic heterocycles. The molecule has 1 aliphatic rings. The third-order valence-electron chi connectivity index (χ3n) is 5.02. The summed E-state index contributed by atoms with van der Waals surface area (Å²) >= 11 is 3.37. The van der Waals surface area contributed by atoms with Gasteiger partial charge in [-0.25, -0.2) is 4.98 Å². The fourth-order valence-electron chi connectivity index (χ4n) is 3.71. The largest absolute Gasteiger partial charge is 0.368 e. The molecule has 4 rings (SSSR count). The van der Waals surface area contributed by atoms with E-state index in [9.17, 15) is 9.59 Å². The molecule has 1 atom stereocenters. The lowest BCUT2D eigenvalue weighted by Crippen LogP contribution is -2.47. The summed E-state index contributed by atoms with van der Waals surface area (Å²) in [5.74, 6) is -1.28. The molecule has 2 aromatic carbocycles. The number of pyridine rings is 1. The number of primary amides is 1. The van der Waals surface area contributed by atoms with Gasteiger partial charge < -0.3 is 11.1 Å². The highest BCUT2D eigenvalue weighted by atomic mass is 79.9. The van der Waals surface area contributed by atoms with Crippen LogP contribution in [0.5, 0.6) is 0 Å². The van der Waals surface area contributed by atoms with Gasteiger partial charge in [0, 0.05) is 12.6 Å². The van der Waals surface area contributed by atoms with E-state index in [4.69, 9.17) is 5.73 Å². The van der Waals surface area contributed by atoms with Crippen molar-refractivity contribution in [3.05, 3.63) is 88.2 Å². The van der Waals surface area contributed by atoms with Gasteiger partial charge in [0.15, 0.2) is 0 Å². The fraction of sp³-hybridized carbons (Fsp3) is 0.136. The number of benzene rings is 2. The number of nitrogens with two attached hydrogens (primary N) is 1. The van der Waals surface area contributed by atoms with Crippen LogP contribution in [0.25, 0.3) is 11.1 Å². The minimum absolute atomic E-state index is 0.235. The Labute approximate surface area is 171 Å². The molecule has 2 amide bonds. The van der Waals surface area contributed by atoms with Gasteiger partial charge in [0.1, 0.15) is 10.6 Å². The van der Waals surface area contributed by atoms with Gasteiger partial charge in [-0.15, -0.1) is 0 Å². The Bertz CT molecular complexity index is 1020. The molecule has 0 spiro atoms. The molecule has 1 aromatic heterocycles. The molecule has 0 fully saturated rings. The third-order valence-corrected chi connectivity index (χ3v) is 5.73. The van der Waals surface area contributed by atoms with Gasteiger partial charge in [0.25, 0.3) is 0 Å². The van der Waals surface area contributed by atoms with Crippen LogP contribution in [0.1, 0.15) is 22.6 Å². The van der Waals surface area contributed by atoms with E-state index in [2.05, 4.69) is 26.2 Å². The average molecular weight is 436 g/mol. The number of carbonyl (C=O) groups is 2. The van der Waals surface area contributed by atoms with Crippen molar-refractivity contribution in [2.24, 2.45) is 5.73 Å². The quantitative estimate of drug-likeness (QED) is 0.603.